The topological polar surface area (TPSA) is 108 Å². The fourth-order valence-corrected chi connectivity index (χ4v) is 5.24. The first-order valence-electron chi connectivity index (χ1n) is 14.1. The normalized spacial score (nSPS) is 16.7. The van der Waals surface area contributed by atoms with Crippen molar-refractivity contribution in [2.75, 3.05) is 38.1 Å². The van der Waals surface area contributed by atoms with E-state index in [-0.39, 0.29) is 17.3 Å². The minimum absolute atomic E-state index is 0.0577. The van der Waals surface area contributed by atoms with Gasteiger partial charge < -0.3 is 29.6 Å². The number of amides is 2. The highest BCUT2D eigenvalue weighted by molar-refractivity contribution is 6.04. The van der Waals surface area contributed by atoms with Crippen molar-refractivity contribution in [3.8, 4) is 23.0 Å². The number of methoxy groups -OCH3 is 2. The van der Waals surface area contributed by atoms with E-state index in [0.29, 0.717) is 53.5 Å². The van der Waals surface area contributed by atoms with Gasteiger partial charge in [0.05, 0.1) is 31.1 Å². The van der Waals surface area contributed by atoms with Crippen LogP contribution in [0.2, 0.25) is 0 Å². The average Bonchev–Trinajstić information content (AvgIpc) is 3.59. The number of hydrogen-bond acceptors (Lipinski definition) is 7. The fraction of sp³-hybridized carbons (Fsp3) is 0.303. The zero-order valence-electron chi connectivity index (χ0n) is 24.8. The SMILES string of the molecule is COCCCOc1cc2nccc(Oc3ccc(NC(=O)[C@H]4[C@@H](C(=O)Nc5ccc(F)cc5)C4(C)C)cc3F)c2cc1OC. The van der Waals surface area contributed by atoms with Crippen LogP contribution in [0.15, 0.2) is 66.9 Å². The lowest BCUT2D eigenvalue weighted by atomic mass is 10.1. The Morgan fingerprint density at radius 2 is 1.50 bits per heavy atom. The predicted octanol–water partition coefficient (Wildman–Crippen LogP) is 6.58. The van der Waals surface area contributed by atoms with E-state index in [9.17, 15) is 14.0 Å². The molecule has 0 unspecified atom stereocenters. The molecule has 3 aromatic carbocycles. The van der Waals surface area contributed by atoms with Crippen molar-refractivity contribution in [1.29, 1.82) is 0 Å². The Morgan fingerprint density at radius 1 is 0.818 bits per heavy atom. The lowest BCUT2D eigenvalue weighted by molar-refractivity contribution is -0.122. The van der Waals surface area contributed by atoms with Crippen LogP contribution in [-0.4, -0.2) is 44.2 Å². The first kappa shape index (κ1) is 30.7. The second-order valence-corrected chi connectivity index (χ2v) is 11.0. The predicted molar refractivity (Wildman–Crippen MR) is 161 cm³/mol. The number of benzene rings is 3. The molecule has 2 atom stereocenters. The standard InChI is InChI=1S/C33H33F2N3O6/c1-33(2)29(31(39)37-20-8-6-19(34)7-9-20)30(33)32(40)38-21-10-11-26(23(35)16-21)44-25-12-13-36-24-18-28(43-15-5-14-41-3)27(42-4)17-22(24)25/h6-13,16-18,29-30H,5,14-15H2,1-4H3,(H,37,39)(H,38,40)/t29-,30+/m0/s1. The number of nitrogens with one attached hydrogen (secondary N) is 2. The smallest absolute Gasteiger partial charge is 0.228 e. The molecule has 1 heterocycles. The molecular formula is C33H33F2N3O6. The van der Waals surface area contributed by atoms with Gasteiger partial charge in [0, 0.05) is 55.2 Å². The second-order valence-electron chi connectivity index (χ2n) is 11.0. The third-order valence-electron chi connectivity index (χ3n) is 7.66. The molecule has 0 saturated heterocycles. The number of nitrogens with zero attached hydrogens (tertiary/aromatic N) is 1. The van der Waals surface area contributed by atoms with E-state index in [0.717, 1.165) is 6.07 Å². The van der Waals surface area contributed by atoms with Crippen LogP contribution in [0.25, 0.3) is 10.9 Å². The molecule has 0 radical (unpaired) electrons. The molecule has 4 aromatic rings. The highest BCUT2D eigenvalue weighted by atomic mass is 19.1. The molecule has 1 saturated carbocycles. The largest absolute Gasteiger partial charge is 0.493 e. The summed E-state index contributed by atoms with van der Waals surface area (Å²) in [5.41, 5.74) is 0.605. The summed E-state index contributed by atoms with van der Waals surface area (Å²) < 4.78 is 50.7. The third-order valence-corrected chi connectivity index (χ3v) is 7.66. The maximum absolute atomic E-state index is 15.2. The van der Waals surface area contributed by atoms with Crippen LogP contribution in [0.1, 0.15) is 20.3 Å². The molecule has 230 valence electrons. The van der Waals surface area contributed by atoms with Crippen LogP contribution < -0.4 is 24.8 Å². The van der Waals surface area contributed by atoms with Gasteiger partial charge >= 0.3 is 0 Å². The molecule has 1 aliphatic rings. The van der Waals surface area contributed by atoms with Gasteiger partial charge in [-0.25, -0.2) is 8.78 Å². The summed E-state index contributed by atoms with van der Waals surface area (Å²) >= 11 is 0. The van der Waals surface area contributed by atoms with Crippen LogP contribution in [0.5, 0.6) is 23.0 Å². The van der Waals surface area contributed by atoms with Gasteiger partial charge in [-0.3, -0.25) is 14.6 Å². The average molecular weight is 606 g/mol. The molecule has 1 aliphatic carbocycles. The number of anilines is 2. The number of hydrogen-bond donors (Lipinski definition) is 2. The van der Waals surface area contributed by atoms with Gasteiger partial charge in [0.1, 0.15) is 11.6 Å². The van der Waals surface area contributed by atoms with E-state index in [2.05, 4.69) is 15.6 Å². The molecule has 5 rings (SSSR count). The first-order chi connectivity index (χ1) is 21.1. The van der Waals surface area contributed by atoms with E-state index in [1.54, 1.807) is 31.5 Å². The molecule has 2 N–H and O–H groups in total. The van der Waals surface area contributed by atoms with Crippen LogP contribution in [0.3, 0.4) is 0 Å². The number of fused-ring (bicyclic) bond motifs is 1. The van der Waals surface area contributed by atoms with Crippen molar-refractivity contribution < 1.29 is 37.3 Å². The minimum atomic E-state index is -0.696. The van der Waals surface area contributed by atoms with E-state index in [1.807, 2.05) is 13.8 Å². The molecule has 44 heavy (non-hydrogen) atoms. The van der Waals surface area contributed by atoms with E-state index >= 15 is 4.39 Å². The van der Waals surface area contributed by atoms with Gasteiger partial charge in [0.15, 0.2) is 23.1 Å². The number of rotatable bonds is 12. The minimum Gasteiger partial charge on any atom is -0.493 e. The summed E-state index contributed by atoms with van der Waals surface area (Å²) in [5.74, 6) is -1.82. The van der Waals surface area contributed by atoms with Gasteiger partial charge in [-0.05, 0) is 53.9 Å². The second kappa shape index (κ2) is 12.8. The number of carbonyl (C=O) groups is 2. The molecule has 9 nitrogen and oxygen atoms in total. The molecule has 1 aromatic heterocycles. The summed E-state index contributed by atoms with van der Waals surface area (Å²) in [7, 11) is 3.15. The monoisotopic (exact) mass is 605 g/mol. The molecule has 2 amide bonds. The van der Waals surface area contributed by atoms with Crippen molar-refractivity contribution in [3.63, 3.8) is 0 Å². The van der Waals surface area contributed by atoms with Gasteiger partial charge in [0.2, 0.25) is 11.8 Å². The van der Waals surface area contributed by atoms with Crippen molar-refractivity contribution in [2.45, 2.75) is 20.3 Å². The van der Waals surface area contributed by atoms with Crippen molar-refractivity contribution in [2.24, 2.45) is 17.3 Å². The Hall–Kier alpha value is -4.77. The van der Waals surface area contributed by atoms with E-state index < -0.39 is 34.8 Å². The van der Waals surface area contributed by atoms with E-state index in [1.165, 1.54) is 43.5 Å². The maximum atomic E-state index is 15.2. The Balaban J connectivity index is 1.26. The molecule has 1 fully saturated rings. The lowest BCUT2D eigenvalue weighted by Crippen LogP contribution is -2.20. The van der Waals surface area contributed by atoms with Gasteiger partial charge in [-0.1, -0.05) is 13.8 Å². The zero-order chi connectivity index (χ0) is 31.4. The number of carbonyl (C=O) groups excluding carboxylic acids is 2. The highest BCUT2D eigenvalue weighted by Crippen LogP contribution is 2.59. The molecule has 0 spiro atoms. The quantitative estimate of drug-likeness (QED) is 0.176. The first-order valence-corrected chi connectivity index (χ1v) is 14.1. The Kier molecular flexibility index (Phi) is 8.96. The zero-order valence-corrected chi connectivity index (χ0v) is 24.8. The van der Waals surface area contributed by atoms with Crippen molar-refractivity contribution >= 4 is 34.1 Å². The molecule has 0 aliphatic heterocycles. The fourth-order valence-electron chi connectivity index (χ4n) is 5.24. The highest BCUT2D eigenvalue weighted by Gasteiger charge is 2.65. The number of ether oxygens (including phenoxy) is 4. The summed E-state index contributed by atoms with van der Waals surface area (Å²) in [6.45, 7) is 4.62. The van der Waals surface area contributed by atoms with Crippen LogP contribution in [0.4, 0.5) is 20.2 Å². The Bertz CT molecular complexity index is 1680. The lowest BCUT2D eigenvalue weighted by Gasteiger charge is -2.14. The summed E-state index contributed by atoms with van der Waals surface area (Å²) in [4.78, 5) is 30.3. The van der Waals surface area contributed by atoms with Crippen molar-refractivity contribution in [3.05, 3.63) is 78.5 Å². The maximum Gasteiger partial charge on any atom is 0.228 e. The number of pyridine rings is 1. The summed E-state index contributed by atoms with van der Waals surface area (Å²) in [6, 6.07) is 14.5. The molecule has 0 bridgehead atoms. The summed E-state index contributed by atoms with van der Waals surface area (Å²) in [6.07, 6.45) is 2.25. The number of halogens is 2. The molecule has 11 heteroatoms. The van der Waals surface area contributed by atoms with Crippen LogP contribution in [0, 0.1) is 28.9 Å². The van der Waals surface area contributed by atoms with Gasteiger partial charge in [-0.2, -0.15) is 0 Å². The molecular weight excluding hydrogens is 572 g/mol. The van der Waals surface area contributed by atoms with Crippen molar-refractivity contribution in [1.82, 2.24) is 4.98 Å². The number of aromatic nitrogens is 1. The van der Waals surface area contributed by atoms with Crippen LogP contribution in [-0.2, 0) is 14.3 Å². The van der Waals surface area contributed by atoms with E-state index in [4.69, 9.17) is 18.9 Å². The Morgan fingerprint density at radius 3 is 2.16 bits per heavy atom. The van der Waals surface area contributed by atoms with Gasteiger partial charge in [-0.15, -0.1) is 0 Å². The van der Waals surface area contributed by atoms with Gasteiger partial charge in [0.25, 0.3) is 0 Å². The Labute approximate surface area is 253 Å². The van der Waals surface area contributed by atoms with Crippen LogP contribution >= 0.6 is 0 Å². The summed E-state index contributed by atoms with van der Waals surface area (Å²) in [5, 5.41) is 6.03. The third kappa shape index (κ3) is 6.57.